The molecule has 0 spiro atoms. The number of rotatable bonds is 7. The first kappa shape index (κ1) is 22.1. The summed E-state index contributed by atoms with van der Waals surface area (Å²) in [5.41, 5.74) is 0.888. The maximum Gasteiger partial charge on any atom is 0.240 e. The maximum absolute atomic E-state index is 13.1. The van der Waals surface area contributed by atoms with E-state index in [1.54, 1.807) is 30.3 Å². The molecule has 9 heteroatoms. The number of sulfone groups is 1. The molecule has 0 aliphatic heterocycles. The fourth-order valence-corrected chi connectivity index (χ4v) is 5.51. The lowest BCUT2D eigenvalue weighted by Crippen LogP contribution is -2.29. The van der Waals surface area contributed by atoms with Crippen molar-refractivity contribution < 1.29 is 26.3 Å². The summed E-state index contributed by atoms with van der Waals surface area (Å²) in [4.78, 5) is -0.599. The Balaban J connectivity index is 1.89. The van der Waals surface area contributed by atoms with Crippen molar-refractivity contribution in [3.8, 4) is 0 Å². The number of hydrogen-bond acceptors (Lipinski definition) is 5. The van der Waals surface area contributed by atoms with Crippen LogP contribution in [0.25, 0.3) is 0 Å². The first-order chi connectivity index (χ1) is 14.1. The third-order valence-corrected chi connectivity index (χ3v) is 7.87. The van der Waals surface area contributed by atoms with E-state index in [2.05, 4.69) is 4.72 Å². The van der Waals surface area contributed by atoms with Gasteiger partial charge < -0.3 is 5.11 Å². The molecule has 3 rings (SSSR count). The maximum atomic E-state index is 13.1. The molecular weight excluding hydrogens is 429 g/mol. The number of hydrogen-bond donors (Lipinski definition) is 2. The van der Waals surface area contributed by atoms with Crippen LogP contribution in [0, 0.1) is 12.7 Å². The first-order valence-electron chi connectivity index (χ1n) is 8.95. The van der Waals surface area contributed by atoms with Crippen molar-refractivity contribution in [1.29, 1.82) is 0 Å². The largest absolute Gasteiger partial charge is 0.387 e. The normalized spacial score (nSPS) is 13.2. The molecule has 0 saturated carbocycles. The third kappa shape index (κ3) is 4.76. The van der Waals surface area contributed by atoms with Crippen molar-refractivity contribution in [2.45, 2.75) is 27.7 Å². The summed E-state index contributed by atoms with van der Waals surface area (Å²) in [7, 11) is -8.14. The molecule has 0 aliphatic carbocycles. The highest BCUT2D eigenvalue weighted by molar-refractivity contribution is 7.91. The van der Waals surface area contributed by atoms with Crippen molar-refractivity contribution >= 4 is 19.9 Å². The summed E-state index contributed by atoms with van der Waals surface area (Å²) in [6.45, 7) is 1.26. The topological polar surface area (TPSA) is 101 Å². The van der Waals surface area contributed by atoms with Crippen LogP contribution in [0.2, 0.25) is 0 Å². The minimum absolute atomic E-state index is 0.149. The Kier molecular flexibility index (Phi) is 6.37. The van der Waals surface area contributed by atoms with Gasteiger partial charge in [0.2, 0.25) is 19.9 Å². The zero-order valence-corrected chi connectivity index (χ0v) is 17.6. The van der Waals surface area contributed by atoms with Crippen LogP contribution >= 0.6 is 0 Å². The van der Waals surface area contributed by atoms with E-state index < -0.39 is 31.8 Å². The molecule has 6 nitrogen and oxygen atoms in total. The fraction of sp³-hybridized carbons (Fsp3) is 0.143. The van der Waals surface area contributed by atoms with Gasteiger partial charge in [0.25, 0.3) is 0 Å². The Morgan fingerprint density at radius 1 is 0.900 bits per heavy atom. The van der Waals surface area contributed by atoms with Crippen LogP contribution in [0.1, 0.15) is 17.2 Å². The zero-order valence-electron chi connectivity index (χ0n) is 16.0. The lowest BCUT2D eigenvalue weighted by Gasteiger charge is -2.15. The smallest absolute Gasteiger partial charge is 0.240 e. The second-order valence-electron chi connectivity index (χ2n) is 6.66. The number of nitrogens with one attached hydrogen (secondary N) is 1. The van der Waals surface area contributed by atoms with E-state index in [1.807, 2.05) is 0 Å². The lowest BCUT2D eigenvalue weighted by atomic mass is 10.1. The highest BCUT2D eigenvalue weighted by Crippen LogP contribution is 2.26. The van der Waals surface area contributed by atoms with E-state index in [1.165, 1.54) is 19.1 Å². The van der Waals surface area contributed by atoms with Gasteiger partial charge in [-0.15, -0.1) is 0 Å². The molecule has 0 saturated heterocycles. The van der Waals surface area contributed by atoms with Gasteiger partial charge in [-0.05, 0) is 54.4 Å². The molecule has 3 aromatic rings. The van der Waals surface area contributed by atoms with Crippen LogP contribution in [0.4, 0.5) is 4.39 Å². The molecule has 1 atom stereocenters. The number of aliphatic hydroxyl groups excluding tert-OH is 1. The molecule has 3 aromatic carbocycles. The van der Waals surface area contributed by atoms with Crippen LogP contribution in [-0.2, 0) is 19.9 Å². The Hall–Kier alpha value is -2.59. The van der Waals surface area contributed by atoms with Crippen molar-refractivity contribution in [3.63, 3.8) is 0 Å². The van der Waals surface area contributed by atoms with E-state index in [0.717, 1.165) is 30.3 Å². The Morgan fingerprint density at radius 3 is 2.13 bits per heavy atom. The summed E-state index contributed by atoms with van der Waals surface area (Å²) < 4.78 is 66.6. The summed E-state index contributed by atoms with van der Waals surface area (Å²) in [5.74, 6) is -0.581. The van der Waals surface area contributed by atoms with Gasteiger partial charge in [-0.3, -0.25) is 0 Å². The Morgan fingerprint density at radius 2 is 1.50 bits per heavy atom. The first-order valence-corrected chi connectivity index (χ1v) is 11.9. The number of halogens is 1. The molecule has 0 heterocycles. The average molecular weight is 450 g/mol. The minimum atomic E-state index is -4.10. The zero-order chi connectivity index (χ0) is 21.9. The van der Waals surface area contributed by atoms with E-state index in [4.69, 9.17) is 0 Å². The van der Waals surface area contributed by atoms with Gasteiger partial charge in [0, 0.05) is 6.54 Å². The average Bonchev–Trinajstić information content (AvgIpc) is 2.73. The van der Waals surface area contributed by atoms with Crippen molar-refractivity contribution in [3.05, 3.63) is 89.7 Å². The SMILES string of the molecule is Cc1ccc(S(=O)(=O)c2ccc(F)cc2)cc1S(=O)(=O)NCC(O)c1ccccc1. The number of sulfonamides is 1. The molecule has 0 aromatic heterocycles. The molecule has 158 valence electrons. The number of aliphatic hydroxyl groups is 1. The quantitative estimate of drug-likeness (QED) is 0.540. The highest BCUT2D eigenvalue weighted by Gasteiger charge is 2.24. The molecule has 30 heavy (non-hydrogen) atoms. The molecule has 1 unspecified atom stereocenters. The van der Waals surface area contributed by atoms with Gasteiger partial charge in [-0.1, -0.05) is 36.4 Å². The van der Waals surface area contributed by atoms with E-state index in [0.29, 0.717) is 11.1 Å². The van der Waals surface area contributed by atoms with Gasteiger partial charge in [0.05, 0.1) is 20.8 Å². The summed E-state index contributed by atoms with van der Waals surface area (Å²) in [6.07, 6.45) is -1.06. The molecule has 0 radical (unpaired) electrons. The fourth-order valence-electron chi connectivity index (χ4n) is 2.85. The van der Waals surface area contributed by atoms with Crippen LogP contribution in [-0.4, -0.2) is 28.5 Å². The van der Waals surface area contributed by atoms with E-state index in [-0.39, 0.29) is 21.2 Å². The van der Waals surface area contributed by atoms with Crippen molar-refractivity contribution in [2.75, 3.05) is 6.54 Å². The molecule has 0 bridgehead atoms. The second-order valence-corrected chi connectivity index (χ2v) is 10.3. The minimum Gasteiger partial charge on any atom is -0.387 e. The summed E-state index contributed by atoms with van der Waals surface area (Å²) >= 11 is 0. The van der Waals surface area contributed by atoms with Crippen LogP contribution in [0.5, 0.6) is 0 Å². The number of benzene rings is 3. The van der Waals surface area contributed by atoms with Crippen LogP contribution < -0.4 is 4.72 Å². The predicted molar refractivity (Wildman–Crippen MR) is 110 cm³/mol. The molecule has 0 aliphatic rings. The summed E-state index contributed by atoms with van der Waals surface area (Å²) in [6, 6.07) is 16.6. The molecule has 0 fully saturated rings. The van der Waals surface area contributed by atoms with Crippen molar-refractivity contribution in [1.82, 2.24) is 4.72 Å². The van der Waals surface area contributed by atoms with Crippen LogP contribution in [0.15, 0.2) is 87.5 Å². The standard InChI is InChI=1S/C21H20FNO5S2/c1-15-7-10-19(29(25,26)18-11-8-17(22)9-12-18)13-21(15)30(27,28)23-14-20(24)16-5-3-2-4-6-16/h2-13,20,23-24H,14H2,1H3. The molecular formula is C21H20FNO5S2. The Bertz CT molecular complexity index is 1240. The Labute approximate surface area is 175 Å². The van der Waals surface area contributed by atoms with Crippen LogP contribution in [0.3, 0.4) is 0 Å². The lowest BCUT2D eigenvalue weighted by molar-refractivity contribution is 0.182. The highest BCUT2D eigenvalue weighted by atomic mass is 32.2. The van der Waals surface area contributed by atoms with Gasteiger partial charge in [-0.2, -0.15) is 0 Å². The number of aryl methyl sites for hydroxylation is 1. The van der Waals surface area contributed by atoms with Gasteiger partial charge in [0.1, 0.15) is 5.82 Å². The van der Waals surface area contributed by atoms with Gasteiger partial charge >= 0.3 is 0 Å². The van der Waals surface area contributed by atoms with Crippen molar-refractivity contribution in [2.24, 2.45) is 0 Å². The second kappa shape index (κ2) is 8.65. The van der Waals surface area contributed by atoms with E-state index in [9.17, 15) is 26.3 Å². The molecule has 0 amide bonds. The van der Waals surface area contributed by atoms with Gasteiger partial charge in [0.15, 0.2) is 0 Å². The third-order valence-electron chi connectivity index (χ3n) is 4.53. The molecule has 2 N–H and O–H groups in total. The summed E-state index contributed by atoms with van der Waals surface area (Å²) in [5, 5.41) is 10.2. The van der Waals surface area contributed by atoms with E-state index >= 15 is 0 Å². The van der Waals surface area contributed by atoms with Gasteiger partial charge in [-0.25, -0.2) is 25.9 Å². The monoisotopic (exact) mass is 449 g/mol. The predicted octanol–water partition coefficient (Wildman–Crippen LogP) is 2.98.